The number of fused-ring (bicyclic) bond motifs is 2. The molecule has 0 aromatic rings. The Morgan fingerprint density at radius 2 is 1.40 bits per heavy atom. The van der Waals surface area contributed by atoms with E-state index in [0.29, 0.717) is 0 Å². The van der Waals surface area contributed by atoms with E-state index in [4.69, 9.17) is 0 Å². The summed E-state index contributed by atoms with van der Waals surface area (Å²) in [6.45, 7) is 4.00. The molecule has 2 rings (SSSR count). The van der Waals surface area contributed by atoms with Gasteiger partial charge in [0.1, 0.15) is 0 Å². The molecule has 2 unspecified atom stereocenters. The van der Waals surface area contributed by atoms with Crippen LogP contribution in [0.2, 0.25) is 0 Å². The van der Waals surface area contributed by atoms with Crippen molar-refractivity contribution >= 4 is 0 Å². The third kappa shape index (κ3) is 1.86. The van der Waals surface area contributed by atoms with Gasteiger partial charge in [0, 0.05) is 0 Å². The third-order valence-electron chi connectivity index (χ3n) is 2.17. The molecule has 0 saturated heterocycles. The van der Waals surface area contributed by atoms with Gasteiger partial charge in [-0.15, -0.1) is 0 Å². The second-order valence-corrected chi connectivity index (χ2v) is 2.72. The van der Waals surface area contributed by atoms with Gasteiger partial charge in [-0.2, -0.15) is 0 Å². The molecule has 0 radical (unpaired) electrons. The predicted molar refractivity (Wildman–Crippen MR) is 48.1 cm³/mol. The summed E-state index contributed by atoms with van der Waals surface area (Å²) in [6, 6.07) is 0. The Bertz CT molecular complexity index is 90.6. The molecule has 1 saturated carbocycles. The Kier molecular flexibility index (Phi) is 4.42. The summed E-state index contributed by atoms with van der Waals surface area (Å²) in [5.74, 6) is 1.98. The van der Waals surface area contributed by atoms with Crippen molar-refractivity contribution in [1.82, 2.24) is 0 Å². The maximum absolute atomic E-state index is 2.38. The average molecular weight is 140 g/mol. The lowest BCUT2D eigenvalue weighted by molar-refractivity contribution is 0.691. The lowest BCUT2D eigenvalue weighted by Crippen LogP contribution is -1.82. The van der Waals surface area contributed by atoms with Crippen molar-refractivity contribution in [1.29, 1.82) is 0 Å². The highest BCUT2D eigenvalue weighted by Gasteiger charge is 2.25. The van der Waals surface area contributed by atoms with Gasteiger partial charge in [-0.1, -0.05) is 33.4 Å². The zero-order valence-corrected chi connectivity index (χ0v) is 6.43. The second-order valence-electron chi connectivity index (χ2n) is 2.72. The molecular weight excluding hydrogens is 120 g/mol. The third-order valence-corrected chi connectivity index (χ3v) is 2.17. The lowest BCUT2D eigenvalue weighted by atomic mass is 10.1. The molecule has 0 aromatic carbocycles. The Morgan fingerprint density at radius 1 is 1.00 bits per heavy atom. The van der Waals surface area contributed by atoms with Gasteiger partial charge in [-0.05, 0) is 31.1 Å². The van der Waals surface area contributed by atoms with Gasteiger partial charge in [-0.3, -0.25) is 0 Å². The quantitative estimate of drug-likeness (QED) is 0.451. The van der Waals surface area contributed by atoms with E-state index < -0.39 is 0 Å². The molecular formula is C10H20. The maximum Gasteiger partial charge on any atom is -0.0228 e. The van der Waals surface area contributed by atoms with Gasteiger partial charge in [-0.25, -0.2) is 0 Å². The van der Waals surface area contributed by atoms with E-state index in [0.717, 1.165) is 11.8 Å². The second kappa shape index (κ2) is 4.54. The molecule has 0 N–H and O–H groups in total. The molecule has 2 bridgehead atoms. The summed E-state index contributed by atoms with van der Waals surface area (Å²) in [7, 11) is 0. The molecule has 0 amide bonds. The van der Waals surface area contributed by atoms with Crippen LogP contribution in [0.1, 0.15) is 40.5 Å². The summed E-state index contributed by atoms with van der Waals surface area (Å²) in [4.78, 5) is 0. The maximum atomic E-state index is 2.38. The Hall–Kier alpha value is -0.260. The molecule has 1 fully saturated rings. The van der Waals surface area contributed by atoms with Gasteiger partial charge in [0.2, 0.25) is 0 Å². The minimum atomic E-state index is 0. The summed E-state index contributed by atoms with van der Waals surface area (Å²) < 4.78 is 0. The van der Waals surface area contributed by atoms with Crippen LogP contribution in [0.3, 0.4) is 0 Å². The summed E-state index contributed by atoms with van der Waals surface area (Å²) >= 11 is 0. The monoisotopic (exact) mass is 140 g/mol. The van der Waals surface area contributed by atoms with E-state index in [9.17, 15) is 0 Å². The zero-order chi connectivity index (χ0) is 6.69. The van der Waals surface area contributed by atoms with Crippen molar-refractivity contribution in [2.75, 3.05) is 0 Å². The summed E-state index contributed by atoms with van der Waals surface area (Å²) in [6.07, 6.45) is 9.19. The summed E-state index contributed by atoms with van der Waals surface area (Å²) in [5, 5.41) is 0. The van der Waals surface area contributed by atoms with Crippen molar-refractivity contribution in [3.8, 4) is 0 Å². The number of hydrogen-bond acceptors (Lipinski definition) is 0. The van der Waals surface area contributed by atoms with E-state index in [2.05, 4.69) is 12.2 Å². The fourth-order valence-corrected chi connectivity index (χ4v) is 1.72. The first-order valence-corrected chi connectivity index (χ1v) is 4.13. The molecule has 0 heteroatoms. The average Bonchev–Trinajstić information content (AvgIpc) is 2.53. The van der Waals surface area contributed by atoms with Crippen molar-refractivity contribution in [2.45, 2.75) is 40.5 Å². The normalized spacial score (nSPS) is 32.6. The molecule has 0 aliphatic heterocycles. The Balaban J connectivity index is 0.000000251. The molecule has 2 aliphatic rings. The van der Waals surface area contributed by atoms with E-state index in [1.807, 2.05) is 13.8 Å². The minimum Gasteiger partial charge on any atom is -0.0851 e. The molecule has 0 aromatic heterocycles. The lowest BCUT2D eigenvalue weighted by Gasteiger charge is -1.96. The van der Waals surface area contributed by atoms with Crippen LogP contribution in [0.25, 0.3) is 0 Å². The highest BCUT2D eigenvalue weighted by atomic mass is 14.3. The van der Waals surface area contributed by atoms with Crippen LogP contribution in [0.4, 0.5) is 0 Å². The first kappa shape index (κ1) is 9.74. The topological polar surface area (TPSA) is 0 Å². The number of rotatable bonds is 0. The van der Waals surface area contributed by atoms with Gasteiger partial charge < -0.3 is 0 Å². The van der Waals surface area contributed by atoms with Crippen LogP contribution in [-0.2, 0) is 0 Å². The van der Waals surface area contributed by atoms with Gasteiger partial charge in [0.05, 0.1) is 0 Å². The van der Waals surface area contributed by atoms with Crippen molar-refractivity contribution in [2.24, 2.45) is 11.8 Å². The van der Waals surface area contributed by atoms with Gasteiger partial charge >= 0.3 is 0 Å². The van der Waals surface area contributed by atoms with Crippen LogP contribution in [-0.4, -0.2) is 0 Å². The SMILES string of the molecule is C.C1=CC2CCC1C2.CC. The van der Waals surface area contributed by atoms with Gasteiger partial charge in [0.15, 0.2) is 0 Å². The van der Waals surface area contributed by atoms with Crippen LogP contribution in [0.5, 0.6) is 0 Å². The predicted octanol–water partition coefficient (Wildman–Crippen LogP) is 3.63. The summed E-state index contributed by atoms with van der Waals surface area (Å²) in [5.41, 5.74) is 0. The van der Waals surface area contributed by atoms with Crippen LogP contribution < -0.4 is 0 Å². The molecule has 10 heavy (non-hydrogen) atoms. The number of hydrogen-bond donors (Lipinski definition) is 0. The standard InChI is InChI=1S/C7H10.C2H6.CH4/c1-2-7-4-3-6(1)5-7;1-2;/h1-2,6-7H,3-5H2;1-2H3;1H4. The minimum absolute atomic E-state index is 0. The van der Waals surface area contributed by atoms with Crippen molar-refractivity contribution in [3.63, 3.8) is 0 Å². The zero-order valence-electron chi connectivity index (χ0n) is 6.43. The van der Waals surface area contributed by atoms with Crippen molar-refractivity contribution in [3.05, 3.63) is 12.2 Å². The Labute approximate surface area is 65.3 Å². The molecule has 60 valence electrons. The van der Waals surface area contributed by atoms with Crippen LogP contribution in [0.15, 0.2) is 12.2 Å². The fourth-order valence-electron chi connectivity index (χ4n) is 1.72. The van der Waals surface area contributed by atoms with E-state index in [1.165, 1.54) is 19.3 Å². The first-order chi connectivity index (χ1) is 4.45. The largest absolute Gasteiger partial charge is 0.0851 e. The number of allylic oxidation sites excluding steroid dienone is 2. The van der Waals surface area contributed by atoms with Gasteiger partial charge in [0.25, 0.3) is 0 Å². The van der Waals surface area contributed by atoms with Crippen LogP contribution in [0, 0.1) is 11.8 Å². The molecule has 0 nitrogen and oxygen atoms in total. The fraction of sp³-hybridized carbons (Fsp3) is 0.800. The van der Waals surface area contributed by atoms with Crippen molar-refractivity contribution < 1.29 is 0 Å². The molecule has 0 heterocycles. The Morgan fingerprint density at radius 3 is 1.50 bits per heavy atom. The smallest absolute Gasteiger partial charge is 0.0228 e. The van der Waals surface area contributed by atoms with Crippen LogP contribution >= 0.6 is 0 Å². The van der Waals surface area contributed by atoms with E-state index in [1.54, 1.807) is 0 Å². The molecule has 0 spiro atoms. The molecule has 2 aliphatic carbocycles. The molecule has 2 atom stereocenters. The first-order valence-electron chi connectivity index (χ1n) is 4.13. The highest BCUT2D eigenvalue weighted by molar-refractivity contribution is 5.06. The highest BCUT2D eigenvalue weighted by Crippen LogP contribution is 2.38. The van der Waals surface area contributed by atoms with E-state index in [-0.39, 0.29) is 7.43 Å². The van der Waals surface area contributed by atoms with E-state index >= 15 is 0 Å².